The molecule has 0 aromatic heterocycles. The number of thioether (sulfide) groups is 1. The first-order valence-corrected chi connectivity index (χ1v) is 9.33. The zero-order valence-corrected chi connectivity index (χ0v) is 16.2. The number of nitrogens with zero attached hydrogens (tertiary/aromatic N) is 3. The smallest absolute Gasteiger partial charge is 0.338 e. The SMILES string of the molecule is C=CCN1C(=O)/C(=C/c2cccc([N+](=O)[O-])c2)SC1=Nc1ccc(O)cc1C(=O)O. The number of carbonyl (C=O) groups excluding carboxylic acids is 1. The van der Waals surface area contributed by atoms with Crippen LogP contribution in [-0.4, -0.2) is 43.6 Å². The van der Waals surface area contributed by atoms with Crippen molar-refractivity contribution in [3.63, 3.8) is 0 Å². The number of benzene rings is 2. The summed E-state index contributed by atoms with van der Waals surface area (Å²) < 4.78 is 0. The van der Waals surface area contributed by atoms with Crippen LogP contribution in [0.5, 0.6) is 5.75 Å². The summed E-state index contributed by atoms with van der Waals surface area (Å²) in [6.45, 7) is 3.75. The van der Waals surface area contributed by atoms with E-state index in [1.807, 2.05) is 0 Å². The van der Waals surface area contributed by atoms with Crippen molar-refractivity contribution < 1.29 is 24.7 Å². The van der Waals surface area contributed by atoms with Crippen LogP contribution in [0.3, 0.4) is 0 Å². The molecule has 1 amide bonds. The molecule has 1 aliphatic rings. The fourth-order valence-electron chi connectivity index (χ4n) is 2.66. The minimum absolute atomic E-state index is 0.0706. The Morgan fingerprint density at radius 3 is 2.73 bits per heavy atom. The molecule has 152 valence electrons. The van der Waals surface area contributed by atoms with Crippen molar-refractivity contribution in [2.24, 2.45) is 4.99 Å². The van der Waals surface area contributed by atoms with E-state index in [2.05, 4.69) is 11.6 Å². The van der Waals surface area contributed by atoms with Gasteiger partial charge < -0.3 is 10.2 Å². The molecule has 0 radical (unpaired) electrons. The Kier molecular flexibility index (Phi) is 5.98. The van der Waals surface area contributed by atoms with Gasteiger partial charge in [-0.05, 0) is 41.6 Å². The molecule has 3 rings (SSSR count). The van der Waals surface area contributed by atoms with Gasteiger partial charge in [-0.2, -0.15) is 0 Å². The highest BCUT2D eigenvalue weighted by atomic mass is 32.2. The number of carbonyl (C=O) groups is 2. The number of hydrogen-bond donors (Lipinski definition) is 2. The molecule has 2 N–H and O–H groups in total. The Hall–Kier alpha value is -3.92. The lowest BCUT2D eigenvalue weighted by atomic mass is 10.2. The molecule has 1 saturated heterocycles. The maximum Gasteiger partial charge on any atom is 0.338 e. The average Bonchev–Trinajstić information content (AvgIpc) is 2.98. The second-order valence-corrected chi connectivity index (χ2v) is 7.08. The van der Waals surface area contributed by atoms with E-state index in [4.69, 9.17) is 0 Å². The number of hydrogen-bond acceptors (Lipinski definition) is 7. The van der Waals surface area contributed by atoms with Gasteiger partial charge in [-0.15, -0.1) is 6.58 Å². The first kappa shape index (κ1) is 20.8. The van der Waals surface area contributed by atoms with Gasteiger partial charge in [-0.3, -0.25) is 19.8 Å². The highest BCUT2D eigenvalue weighted by Gasteiger charge is 2.33. The molecule has 1 heterocycles. The first-order valence-electron chi connectivity index (χ1n) is 8.52. The third kappa shape index (κ3) is 4.39. The number of non-ortho nitro benzene ring substituents is 1. The topological polar surface area (TPSA) is 133 Å². The molecule has 10 heteroatoms. The predicted octanol–water partition coefficient (Wildman–Crippen LogP) is 3.79. The molecule has 30 heavy (non-hydrogen) atoms. The molecular weight excluding hydrogens is 410 g/mol. The number of phenols is 1. The number of rotatable bonds is 6. The molecule has 0 unspecified atom stereocenters. The van der Waals surface area contributed by atoms with Crippen LogP contribution in [0.2, 0.25) is 0 Å². The van der Waals surface area contributed by atoms with E-state index in [0.717, 1.165) is 17.8 Å². The Balaban J connectivity index is 2.03. The fourth-order valence-corrected chi connectivity index (χ4v) is 3.66. The van der Waals surface area contributed by atoms with E-state index in [1.54, 1.807) is 6.07 Å². The van der Waals surface area contributed by atoms with Gasteiger partial charge in [0, 0.05) is 18.7 Å². The number of nitro groups is 1. The van der Waals surface area contributed by atoms with Crippen LogP contribution in [-0.2, 0) is 4.79 Å². The van der Waals surface area contributed by atoms with Crippen LogP contribution in [0.1, 0.15) is 15.9 Å². The lowest BCUT2D eigenvalue weighted by Gasteiger charge is -2.13. The normalized spacial score (nSPS) is 16.3. The number of amides is 1. The van der Waals surface area contributed by atoms with Crippen LogP contribution in [0.15, 0.2) is 65.0 Å². The zero-order chi connectivity index (χ0) is 21.8. The summed E-state index contributed by atoms with van der Waals surface area (Å²) in [6, 6.07) is 9.54. The third-order valence-corrected chi connectivity index (χ3v) is 5.01. The van der Waals surface area contributed by atoms with Crippen LogP contribution >= 0.6 is 11.8 Å². The molecular formula is C20H15N3O6S. The molecule has 0 atom stereocenters. The quantitative estimate of drug-likeness (QED) is 0.311. The maximum absolute atomic E-state index is 12.8. The third-order valence-electron chi connectivity index (χ3n) is 4.01. The molecule has 0 aliphatic carbocycles. The summed E-state index contributed by atoms with van der Waals surface area (Å²) in [5, 5.41) is 30.1. The van der Waals surface area contributed by atoms with Crippen molar-refractivity contribution >= 4 is 46.3 Å². The summed E-state index contributed by atoms with van der Waals surface area (Å²) in [6.07, 6.45) is 3.01. The lowest BCUT2D eigenvalue weighted by molar-refractivity contribution is -0.384. The van der Waals surface area contributed by atoms with Crippen molar-refractivity contribution in [3.05, 3.63) is 81.3 Å². The van der Waals surface area contributed by atoms with E-state index in [9.17, 15) is 29.9 Å². The number of phenolic OH excluding ortho intramolecular Hbond substituents is 1. The second kappa shape index (κ2) is 8.62. The van der Waals surface area contributed by atoms with Gasteiger partial charge in [0.25, 0.3) is 11.6 Å². The van der Waals surface area contributed by atoms with Crippen LogP contribution in [0.4, 0.5) is 11.4 Å². The van der Waals surface area contributed by atoms with Gasteiger partial charge in [0.15, 0.2) is 5.17 Å². The van der Waals surface area contributed by atoms with Crippen molar-refractivity contribution in [3.8, 4) is 5.75 Å². The lowest BCUT2D eigenvalue weighted by Crippen LogP contribution is -2.29. The Bertz CT molecular complexity index is 1130. The summed E-state index contributed by atoms with van der Waals surface area (Å²) in [5.41, 5.74) is 0.217. The summed E-state index contributed by atoms with van der Waals surface area (Å²) in [7, 11) is 0. The van der Waals surface area contributed by atoms with Crippen LogP contribution < -0.4 is 0 Å². The Morgan fingerprint density at radius 2 is 2.07 bits per heavy atom. The van der Waals surface area contributed by atoms with Gasteiger partial charge in [0.05, 0.1) is 21.1 Å². The minimum atomic E-state index is -1.28. The van der Waals surface area contributed by atoms with Crippen LogP contribution in [0, 0.1) is 10.1 Å². The molecule has 0 bridgehead atoms. The highest BCUT2D eigenvalue weighted by molar-refractivity contribution is 8.18. The number of amidine groups is 1. The van der Waals surface area contributed by atoms with E-state index in [-0.39, 0.29) is 45.2 Å². The minimum Gasteiger partial charge on any atom is -0.508 e. The number of nitro benzene ring substituents is 1. The summed E-state index contributed by atoms with van der Waals surface area (Å²) in [5.74, 6) is -1.89. The number of aromatic hydroxyl groups is 1. The van der Waals surface area contributed by atoms with E-state index in [0.29, 0.717) is 5.56 Å². The molecule has 9 nitrogen and oxygen atoms in total. The monoisotopic (exact) mass is 425 g/mol. The van der Waals surface area contributed by atoms with Crippen molar-refractivity contribution in [2.75, 3.05) is 6.54 Å². The van der Waals surface area contributed by atoms with Gasteiger partial charge >= 0.3 is 5.97 Å². The summed E-state index contributed by atoms with van der Waals surface area (Å²) >= 11 is 1.01. The van der Waals surface area contributed by atoms with Gasteiger partial charge in [-0.1, -0.05) is 18.2 Å². The van der Waals surface area contributed by atoms with Gasteiger partial charge in [-0.25, -0.2) is 9.79 Å². The molecule has 2 aromatic rings. The average molecular weight is 425 g/mol. The predicted molar refractivity (Wildman–Crippen MR) is 113 cm³/mol. The van der Waals surface area contributed by atoms with Crippen LogP contribution in [0.25, 0.3) is 6.08 Å². The molecule has 0 spiro atoms. The van der Waals surface area contributed by atoms with Gasteiger partial charge in [0.1, 0.15) is 5.75 Å². The number of aliphatic imine (C=N–C) groups is 1. The number of carboxylic acids is 1. The molecule has 2 aromatic carbocycles. The first-order chi connectivity index (χ1) is 14.3. The summed E-state index contributed by atoms with van der Waals surface area (Å²) in [4.78, 5) is 40.6. The van der Waals surface area contributed by atoms with Crippen molar-refractivity contribution in [1.82, 2.24) is 4.90 Å². The van der Waals surface area contributed by atoms with E-state index < -0.39 is 10.9 Å². The Morgan fingerprint density at radius 1 is 1.30 bits per heavy atom. The standard InChI is InChI=1S/C20H15N3O6S/c1-2-8-22-18(25)17(10-12-4-3-5-13(9-12)23(28)29)30-20(22)21-16-7-6-14(24)11-15(16)19(26)27/h2-7,9-11,24H,1,8H2,(H,26,27)/b17-10-,21-20?. The fraction of sp³-hybridized carbons (Fsp3) is 0.0500. The maximum atomic E-state index is 12.8. The van der Waals surface area contributed by atoms with Crippen molar-refractivity contribution in [2.45, 2.75) is 0 Å². The van der Waals surface area contributed by atoms with Crippen molar-refractivity contribution in [1.29, 1.82) is 0 Å². The highest BCUT2D eigenvalue weighted by Crippen LogP contribution is 2.35. The van der Waals surface area contributed by atoms with Gasteiger partial charge in [0.2, 0.25) is 0 Å². The largest absolute Gasteiger partial charge is 0.508 e. The number of carboxylic acid groups (broad SMARTS) is 1. The molecule has 0 saturated carbocycles. The van der Waals surface area contributed by atoms with E-state index >= 15 is 0 Å². The molecule has 1 fully saturated rings. The second-order valence-electron chi connectivity index (χ2n) is 6.07. The van der Waals surface area contributed by atoms with E-state index in [1.165, 1.54) is 47.4 Å². The zero-order valence-electron chi connectivity index (χ0n) is 15.4. The number of aromatic carboxylic acids is 1. The Labute approximate surface area is 174 Å². The molecule has 1 aliphatic heterocycles.